The van der Waals surface area contributed by atoms with Gasteiger partial charge < -0.3 is 21.3 Å². The molecule has 0 aliphatic heterocycles. The first-order valence-corrected chi connectivity index (χ1v) is 8.29. The van der Waals surface area contributed by atoms with Crippen LogP contribution in [0.2, 0.25) is 0 Å². The van der Waals surface area contributed by atoms with Crippen LogP contribution < -0.4 is 16.4 Å². The Balaban J connectivity index is 2.84. The van der Waals surface area contributed by atoms with Gasteiger partial charge in [0.05, 0.1) is 10.6 Å². The third-order valence-corrected chi connectivity index (χ3v) is 4.69. The van der Waals surface area contributed by atoms with E-state index in [4.69, 9.17) is 5.73 Å². The summed E-state index contributed by atoms with van der Waals surface area (Å²) in [6.07, 6.45) is 3.61. The van der Waals surface area contributed by atoms with E-state index in [0.717, 1.165) is 23.0 Å². The molecule has 0 aliphatic carbocycles. The molecule has 0 aliphatic rings. The molecule has 1 heterocycles. The van der Waals surface area contributed by atoms with Gasteiger partial charge in [0, 0.05) is 19.6 Å². The fourth-order valence-electron chi connectivity index (χ4n) is 1.55. The first kappa shape index (κ1) is 16.9. The van der Waals surface area contributed by atoms with Crippen LogP contribution in [0.5, 0.6) is 0 Å². The van der Waals surface area contributed by atoms with Crippen molar-refractivity contribution in [1.82, 2.24) is 10.2 Å². The highest BCUT2D eigenvalue weighted by Gasteiger charge is 2.20. The van der Waals surface area contributed by atoms with E-state index in [0.29, 0.717) is 17.1 Å². The number of nitrogens with zero attached hydrogens (tertiary/aromatic N) is 1. The van der Waals surface area contributed by atoms with Crippen LogP contribution in [0, 0.1) is 0 Å². The summed E-state index contributed by atoms with van der Waals surface area (Å²) in [7, 11) is 4.04. The van der Waals surface area contributed by atoms with Gasteiger partial charge in [-0.05, 0) is 20.4 Å². The number of nitrogens with one attached hydrogen (secondary N) is 2. The second-order valence-electron chi connectivity index (χ2n) is 4.44. The number of anilines is 2. The number of thioether (sulfide) groups is 1. The Labute approximate surface area is 128 Å². The predicted molar refractivity (Wildman–Crippen MR) is 90.1 cm³/mol. The Bertz CT molecular complexity index is 471. The van der Waals surface area contributed by atoms with Crippen molar-refractivity contribution in [1.29, 1.82) is 0 Å². The van der Waals surface area contributed by atoms with E-state index < -0.39 is 0 Å². The molecule has 1 aromatic heterocycles. The fourth-order valence-corrected chi connectivity index (χ4v) is 3.53. The third-order valence-electron chi connectivity index (χ3n) is 2.56. The first-order valence-electron chi connectivity index (χ1n) is 6.25. The summed E-state index contributed by atoms with van der Waals surface area (Å²) in [5.41, 5.74) is 6.62. The number of carbonyl (C=O) groups is 1. The molecular weight excluding hydrogens is 292 g/mol. The van der Waals surface area contributed by atoms with Crippen LogP contribution in [-0.4, -0.2) is 50.8 Å². The topological polar surface area (TPSA) is 70.4 Å². The second-order valence-corrected chi connectivity index (χ2v) is 6.27. The maximum Gasteiger partial charge on any atom is 0.263 e. The summed E-state index contributed by atoms with van der Waals surface area (Å²) in [6, 6.07) is 0. The predicted octanol–water partition coefficient (Wildman–Crippen LogP) is 1.94. The van der Waals surface area contributed by atoms with Gasteiger partial charge in [0.1, 0.15) is 9.88 Å². The molecule has 0 spiro atoms. The van der Waals surface area contributed by atoms with E-state index in [1.54, 1.807) is 17.8 Å². The lowest BCUT2D eigenvalue weighted by Gasteiger charge is -2.10. The van der Waals surface area contributed by atoms with Crippen LogP contribution in [0.3, 0.4) is 0 Å². The number of hydrogen-bond acceptors (Lipinski definition) is 6. The Morgan fingerprint density at radius 1 is 1.55 bits per heavy atom. The Kier molecular flexibility index (Phi) is 6.90. The van der Waals surface area contributed by atoms with E-state index in [2.05, 4.69) is 22.1 Å². The van der Waals surface area contributed by atoms with Gasteiger partial charge in [0.25, 0.3) is 5.91 Å². The van der Waals surface area contributed by atoms with Crippen LogP contribution in [0.4, 0.5) is 10.7 Å². The van der Waals surface area contributed by atoms with Crippen molar-refractivity contribution in [2.24, 2.45) is 0 Å². The molecule has 20 heavy (non-hydrogen) atoms. The number of nitrogens with two attached hydrogens (primary N) is 1. The van der Waals surface area contributed by atoms with E-state index >= 15 is 0 Å². The Morgan fingerprint density at radius 3 is 2.80 bits per heavy atom. The fraction of sp³-hybridized carbons (Fsp3) is 0.462. The number of hydrogen-bond donors (Lipinski definition) is 3. The molecule has 0 radical (unpaired) electrons. The molecule has 0 saturated carbocycles. The van der Waals surface area contributed by atoms with Crippen LogP contribution in [0.25, 0.3) is 0 Å². The molecule has 0 saturated heterocycles. The quantitative estimate of drug-likeness (QED) is 0.505. The molecule has 1 amide bonds. The van der Waals surface area contributed by atoms with Crippen LogP contribution in [-0.2, 0) is 0 Å². The zero-order chi connectivity index (χ0) is 15.1. The van der Waals surface area contributed by atoms with Crippen molar-refractivity contribution in [3.8, 4) is 0 Å². The number of thiophene rings is 1. The van der Waals surface area contributed by atoms with Gasteiger partial charge in [-0.1, -0.05) is 6.08 Å². The number of carbonyl (C=O) groups excluding carboxylic acids is 1. The van der Waals surface area contributed by atoms with Gasteiger partial charge in [0.2, 0.25) is 0 Å². The number of amides is 1. The number of likely N-dealkylation sites (N-methyl/N-ethyl adjacent to an activating group) is 1. The lowest BCUT2D eigenvalue weighted by Crippen LogP contribution is -2.23. The molecule has 0 unspecified atom stereocenters. The lowest BCUT2D eigenvalue weighted by atomic mass is 10.3. The molecule has 7 heteroatoms. The van der Waals surface area contributed by atoms with Crippen molar-refractivity contribution in [2.45, 2.75) is 4.90 Å². The summed E-state index contributed by atoms with van der Waals surface area (Å²) >= 11 is 2.95. The largest absolute Gasteiger partial charge is 0.396 e. The molecule has 5 nitrogen and oxygen atoms in total. The zero-order valence-electron chi connectivity index (χ0n) is 12.2. The maximum absolute atomic E-state index is 12.0. The van der Waals surface area contributed by atoms with Crippen molar-refractivity contribution >= 4 is 39.7 Å². The Hall–Kier alpha value is -1.18. The average molecular weight is 314 g/mol. The lowest BCUT2D eigenvalue weighted by molar-refractivity contribution is 0.0963. The van der Waals surface area contributed by atoms with Crippen molar-refractivity contribution in [3.63, 3.8) is 0 Å². The molecule has 0 bridgehead atoms. The summed E-state index contributed by atoms with van der Waals surface area (Å²) in [4.78, 5) is 15.6. The molecule has 1 aromatic rings. The molecule has 0 fully saturated rings. The van der Waals surface area contributed by atoms with Gasteiger partial charge in [-0.25, -0.2) is 0 Å². The average Bonchev–Trinajstić information content (AvgIpc) is 2.72. The first-order chi connectivity index (χ1) is 9.51. The SMILES string of the molecule is C=CCNC(=O)c1sc(NCCN(C)C)c(SC)c1N. The van der Waals surface area contributed by atoms with Crippen molar-refractivity contribution in [2.75, 3.05) is 51.0 Å². The molecular formula is C13H22N4OS2. The molecule has 112 valence electrons. The highest BCUT2D eigenvalue weighted by atomic mass is 32.2. The molecule has 1 rings (SSSR count). The van der Waals surface area contributed by atoms with Gasteiger partial charge in [-0.15, -0.1) is 29.7 Å². The maximum atomic E-state index is 12.0. The number of nitrogen functional groups attached to an aromatic ring is 1. The van der Waals surface area contributed by atoms with Gasteiger partial charge in [-0.3, -0.25) is 4.79 Å². The minimum absolute atomic E-state index is 0.150. The molecule has 0 aromatic carbocycles. The normalized spacial score (nSPS) is 10.6. The van der Waals surface area contributed by atoms with Crippen LogP contribution in [0.15, 0.2) is 17.6 Å². The summed E-state index contributed by atoms with van der Waals surface area (Å²) < 4.78 is 0. The van der Waals surface area contributed by atoms with Crippen molar-refractivity contribution < 1.29 is 4.79 Å². The standard InChI is InChI=1S/C13H22N4OS2/c1-5-6-15-12(18)10-9(14)11(19-4)13(20-10)16-7-8-17(2)3/h5,16H,1,6-8,14H2,2-4H3,(H,15,18). The summed E-state index contributed by atoms with van der Waals surface area (Å²) in [5, 5.41) is 7.06. The monoisotopic (exact) mass is 314 g/mol. The van der Waals surface area contributed by atoms with E-state index in [9.17, 15) is 4.79 Å². The molecule has 4 N–H and O–H groups in total. The van der Waals surface area contributed by atoms with Crippen LogP contribution in [0.1, 0.15) is 9.67 Å². The second kappa shape index (κ2) is 8.18. The van der Waals surface area contributed by atoms with Crippen LogP contribution >= 0.6 is 23.1 Å². The van der Waals surface area contributed by atoms with E-state index in [1.807, 2.05) is 20.4 Å². The van der Waals surface area contributed by atoms with E-state index in [-0.39, 0.29) is 5.91 Å². The highest BCUT2D eigenvalue weighted by molar-refractivity contribution is 7.99. The number of rotatable bonds is 8. The minimum atomic E-state index is -0.150. The van der Waals surface area contributed by atoms with E-state index in [1.165, 1.54) is 11.3 Å². The molecule has 0 atom stereocenters. The highest BCUT2D eigenvalue weighted by Crippen LogP contribution is 2.41. The smallest absolute Gasteiger partial charge is 0.263 e. The van der Waals surface area contributed by atoms with Gasteiger partial charge in [0.15, 0.2) is 0 Å². The van der Waals surface area contributed by atoms with Crippen molar-refractivity contribution in [3.05, 3.63) is 17.5 Å². The van der Waals surface area contributed by atoms with Gasteiger partial charge in [-0.2, -0.15) is 0 Å². The zero-order valence-corrected chi connectivity index (χ0v) is 13.8. The van der Waals surface area contributed by atoms with Gasteiger partial charge >= 0.3 is 0 Å². The summed E-state index contributed by atoms with van der Waals surface area (Å²) in [6.45, 7) is 5.75. The summed E-state index contributed by atoms with van der Waals surface area (Å²) in [5.74, 6) is -0.150. The third kappa shape index (κ3) is 4.43. The Morgan fingerprint density at radius 2 is 2.25 bits per heavy atom. The minimum Gasteiger partial charge on any atom is -0.396 e.